The normalized spacial score (nSPS) is 14.6. The Morgan fingerprint density at radius 2 is 2.00 bits per heavy atom. The molecule has 0 atom stereocenters. The second kappa shape index (κ2) is 10.3. The summed E-state index contributed by atoms with van der Waals surface area (Å²) in [4.78, 5) is 15.8. The highest BCUT2D eigenvalue weighted by molar-refractivity contribution is 7.91. The molecule has 1 aromatic carbocycles. The quantitative estimate of drug-likeness (QED) is 0.509. The van der Waals surface area contributed by atoms with Gasteiger partial charge in [0.05, 0.1) is 19.3 Å². The van der Waals surface area contributed by atoms with Gasteiger partial charge in [-0.25, -0.2) is 13.2 Å². The third-order valence-electron chi connectivity index (χ3n) is 5.43. The molecule has 1 aliphatic heterocycles. The number of esters is 1. The number of benzene rings is 1. The molecule has 0 radical (unpaired) electrons. The number of hydrogen-bond donors (Lipinski definition) is 0. The van der Waals surface area contributed by atoms with Crippen molar-refractivity contribution in [2.45, 2.75) is 44.5 Å². The average molecular weight is 481 g/mol. The monoisotopic (exact) mass is 480 g/mol. The summed E-state index contributed by atoms with van der Waals surface area (Å²) in [6, 6.07) is 7.95. The fraction of sp³-hybridized carbons (Fsp3) is 0.522. The summed E-state index contributed by atoms with van der Waals surface area (Å²) in [5, 5.41) is 0. The van der Waals surface area contributed by atoms with Gasteiger partial charge in [-0.3, -0.25) is 4.90 Å². The summed E-state index contributed by atoms with van der Waals surface area (Å²) in [6.07, 6.45) is 0.594. The summed E-state index contributed by atoms with van der Waals surface area (Å²) >= 11 is 1.19. The summed E-state index contributed by atoms with van der Waals surface area (Å²) in [5.41, 5.74) is 2.09. The van der Waals surface area contributed by atoms with Crippen molar-refractivity contribution < 1.29 is 22.7 Å². The molecule has 0 saturated carbocycles. The molecule has 1 aromatic heterocycles. The number of nitrogens with zero attached hydrogens (tertiary/aromatic N) is 2. The van der Waals surface area contributed by atoms with Gasteiger partial charge in [0.15, 0.2) is 0 Å². The van der Waals surface area contributed by atoms with E-state index in [-0.39, 0.29) is 15.7 Å². The molecule has 0 spiro atoms. The lowest BCUT2D eigenvalue weighted by molar-refractivity contribution is 0.0595. The first kappa shape index (κ1) is 24.7. The first-order valence-corrected chi connectivity index (χ1v) is 13.1. The lowest BCUT2D eigenvalue weighted by atomic mass is 10.0. The zero-order valence-corrected chi connectivity index (χ0v) is 21.0. The van der Waals surface area contributed by atoms with Crippen molar-refractivity contribution in [1.82, 2.24) is 9.21 Å². The van der Waals surface area contributed by atoms with Crippen LogP contribution in [-0.2, 0) is 34.3 Å². The third kappa shape index (κ3) is 5.17. The van der Waals surface area contributed by atoms with E-state index in [4.69, 9.17) is 9.47 Å². The van der Waals surface area contributed by atoms with E-state index in [0.29, 0.717) is 32.7 Å². The number of sulfonamides is 1. The number of rotatable bonds is 9. The Labute approximate surface area is 195 Å². The summed E-state index contributed by atoms with van der Waals surface area (Å²) in [5.74, 6) is 0.446. The van der Waals surface area contributed by atoms with Crippen LogP contribution in [0.2, 0.25) is 0 Å². The van der Waals surface area contributed by atoms with E-state index in [9.17, 15) is 13.2 Å². The molecule has 7 nitrogen and oxygen atoms in total. The maximum absolute atomic E-state index is 13.3. The van der Waals surface area contributed by atoms with Crippen molar-refractivity contribution in [3.05, 3.63) is 45.8 Å². The van der Waals surface area contributed by atoms with Crippen molar-refractivity contribution >= 4 is 27.3 Å². The highest BCUT2D eigenvalue weighted by atomic mass is 32.2. The number of fused-ring (bicyclic) bond motifs is 1. The number of thiophene rings is 1. The number of para-hydroxylation sites is 1. The van der Waals surface area contributed by atoms with E-state index >= 15 is 0 Å². The molecule has 2 heterocycles. The highest BCUT2D eigenvalue weighted by Gasteiger charge is 2.36. The predicted molar refractivity (Wildman–Crippen MR) is 126 cm³/mol. The number of carbonyl (C=O) groups is 1. The molecule has 32 heavy (non-hydrogen) atoms. The molecule has 2 aromatic rings. The van der Waals surface area contributed by atoms with E-state index in [1.54, 1.807) is 7.05 Å². The second-order valence-electron chi connectivity index (χ2n) is 8.34. The van der Waals surface area contributed by atoms with Crippen LogP contribution in [0.15, 0.2) is 28.5 Å². The lowest BCUT2D eigenvalue weighted by Gasteiger charge is -2.27. The Morgan fingerprint density at radius 3 is 2.66 bits per heavy atom. The average Bonchev–Trinajstić information content (AvgIpc) is 3.14. The zero-order valence-electron chi connectivity index (χ0n) is 19.4. The van der Waals surface area contributed by atoms with Gasteiger partial charge in [-0.2, -0.15) is 4.31 Å². The standard InChI is InChI=1S/C23H32N2O5S2/c1-6-30-19-10-8-7-9-17(19)14-25-12-11-18-20(15-25)31-23(21(18)22(26)29-5)32(27,28)24(4)13-16(2)3/h7-10,16H,6,11-15H2,1-5H3. The first-order valence-electron chi connectivity index (χ1n) is 10.8. The van der Waals surface area contributed by atoms with Crippen LogP contribution in [0.1, 0.15) is 47.1 Å². The number of carbonyl (C=O) groups excluding carboxylic acids is 1. The van der Waals surface area contributed by atoms with Crippen molar-refractivity contribution in [3.8, 4) is 5.75 Å². The van der Waals surface area contributed by atoms with Gasteiger partial charge in [-0.05, 0) is 30.9 Å². The SMILES string of the molecule is CCOc1ccccc1CN1CCc2c(sc(S(=O)(=O)N(C)CC(C)C)c2C(=O)OC)C1. The highest BCUT2D eigenvalue weighted by Crippen LogP contribution is 2.38. The first-order chi connectivity index (χ1) is 15.2. The van der Waals surface area contributed by atoms with Gasteiger partial charge in [0.1, 0.15) is 9.96 Å². The zero-order chi connectivity index (χ0) is 23.5. The van der Waals surface area contributed by atoms with Crippen molar-refractivity contribution in [3.63, 3.8) is 0 Å². The Hall–Kier alpha value is -1.94. The van der Waals surface area contributed by atoms with E-state index in [2.05, 4.69) is 4.90 Å². The van der Waals surface area contributed by atoms with Crippen molar-refractivity contribution in [2.24, 2.45) is 5.92 Å². The van der Waals surface area contributed by atoms with Crippen molar-refractivity contribution in [1.29, 1.82) is 0 Å². The van der Waals surface area contributed by atoms with Crippen LogP contribution >= 0.6 is 11.3 Å². The molecule has 3 rings (SSSR count). The van der Waals surface area contributed by atoms with Gasteiger partial charge in [0, 0.05) is 43.7 Å². The van der Waals surface area contributed by atoms with Gasteiger partial charge >= 0.3 is 5.97 Å². The van der Waals surface area contributed by atoms with Crippen LogP contribution in [0, 0.1) is 5.92 Å². The topological polar surface area (TPSA) is 76.2 Å². The van der Waals surface area contributed by atoms with Crippen molar-refractivity contribution in [2.75, 3.05) is 33.9 Å². The summed E-state index contributed by atoms with van der Waals surface area (Å²) in [7, 11) is -0.938. The molecule has 0 bridgehead atoms. The third-order valence-corrected chi connectivity index (χ3v) is 8.96. The molecular formula is C23H32N2O5S2. The minimum Gasteiger partial charge on any atom is -0.494 e. The largest absolute Gasteiger partial charge is 0.494 e. The molecule has 0 unspecified atom stereocenters. The summed E-state index contributed by atoms with van der Waals surface area (Å²) in [6.45, 7) is 8.85. The van der Waals surface area contributed by atoms with Gasteiger partial charge in [-0.1, -0.05) is 32.0 Å². The van der Waals surface area contributed by atoms with Crippen LogP contribution in [0.4, 0.5) is 0 Å². The number of methoxy groups -OCH3 is 1. The minimum atomic E-state index is -3.79. The number of hydrogen-bond acceptors (Lipinski definition) is 7. The Morgan fingerprint density at radius 1 is 1.28 bits per heavy atom. The minimum absolute atomic E-state index is 0.0917. The number of ether oxygens (including phenoxy) is 2. The Bertz CT molecular complexity index is 1060. The maximum Gasteiger partial charge on any atom is 0.340 e. The summed E-state index contributed by atoms with van der Waals surface area (Å²) < 4.78 is 38.8. The Kier molecular flexibility index (Phi) is 7.97. The lowest BCUT2D eigenvalue weighted by Crippen LogP contribution is -2.31. The van der Waals surface area contributed by atoms with Crippen LogP contribution in [-0.4, -0.2) is 57.4 Å². The second-order valence-corrected chi connectivity index (χ2v) is 11.7. The van der Waals surface area contributed by atoms with Crippen LogP contribution in [0.3, 0.4) is 0 Å². The van der Waals surface area contributed by atoms with Crippen LogP contribution in [0.25, 0.3) is 0 Å². The fourth-order valence-electron chi connectivity index (χ4n) is 3.98. The molecule has 0 fully saturated rings. The molecule has 176 valence electrons. The van der Waals surface area contributed by atoms with E-state index < -0.39 is 16.0 Å². The molecule has 1 aliphatic rings. The van der Waals surface area contributed by atoms with Gasteiger partial charge in [0.25, 0.3) is 10.0 Å². The molecule has 9 heteroatoms. The molecule has 0 saturated heterocycles. The van der Waals surface area contributed by atoms with Gasteiger partial charge in [-0.15, -0.1) is 11.3 Å². The predicted octanol–water partition coefficient (Wildman–Crippen LogP) is 3.77. The maximum atomic E-state index is 13.3. The molecule has 0 aliphatic carbocycles. The van der Waals surface area contributed by atoms with Gasteiger partial charge < -0.3 is 9.47 Å². The van der Waals surface area contributed by atoms with Gasteiger partial charge in [0.2, 0.25) is 0 Å². The molecule has 0 amide bonds. The van der Waals surface area contributed by atoms with E-state index in [0.717, 1.165) is 28.3 Å². The van der Waals surface area contributed by atoms with E-state index in [1.165, 1.54) is 22.8 Å². The smallest absolute Gasteiger partial charge is 0.340 e. The Balaban J connectivity index is 1.93. The fourth-order valence-corrected chi connectivity index (χ4v) is 7.44. The van der Waals surface area contributed by atoms with Crippen LogP contribution in [0.5, 0.6) is 5.75 Å². The van der Waals surface area contributed by atoms with Crippen LogP contribution < -0.4 is 4.74 Å². The van der Waals surface area contributed by atoms with E-state index in [1.807, 2.05) is 45.0 Å². The molecular weight excluding hydrogens is 448 g/mol. The molecule has 0 N–H and O–H groups in total.